The van der Waals surface area contributed by atoms with E-state index < -0.39 is 6.98 Å². The number of hydrogen-bond donors (Lipinski definition) is 0. The summed E-state index contributed by atoms with van der Waals surface area (Å²) in [6.07, 6.45) is 43.4. The Balaban J connectivity index is 0.0000000854. The minimum absolute atomic E-state index is 0.628. The van der Waals surface area contributed by atoms with Crippen LogP contribution in [0.3, 0.4) is 0 Å². The van der Waals surface area contributed by atoms with Crippen molar-refractivity contribution in [1.82, 2.24) is 90.8 Å². The third-order valence-electron chi connectivity index (χ3n) is 19.9. The lowest BCUT2D eigenvalue weighted by Crippen LogP contribution is -2.31. The molecular formula is C78H57N23OS+4. The SMILES string of the molecule is Cc1ccncc1-c1nc2c(cn3cccnc23)n1-c1ccccc1.Cn1c2[n+](c3c1cn1cccnc31)Cc1ccncc1-2.[2H]C([2H])([2H])n1c2[n+](c3c1cn1cccnc31)Cc1ccncc1-2.c1cnc2c3c(cn2c1)oc1[n+]3Cc2ccncc2-1.c1cnn2c(c1)cc1sc3[n+](c12)Cc1ccncc1-3. The van der Waals surface area contributed by atoms with Crippen molar-refractivity contribution in [3.8, 4) is 61.9 Å². The van der Waals surface area contributed by atoms with Crippen LogP contribution >= 0.6 is 11.3 Å². The summed E-state index contributed by atoms with van der Waals surface area (Å²) in [4.78, 5) is 44.0. The van der Waals surface area contributed by atoms with Crippen LogP contribution in [0.5, 0.6) is 0 Å². The molecule has 103 heavy (non-hydrogen) atoms. The lowest BCUT2D eigenvalue weighted by Gasteiger charge is -2.10. The standard InChI is InChI=1S/C20H15N5.2C15H12N5.C14H9N4O.C14H9N4S/c1-14-8-10-21-12-16(14)19-23-18-17(13-24-11-5-9-22-20(18)24)25(19)15-6-3-2-4-7-15;2*1-18-12-9-19-6-2-4-17-14(19)13(12)20-8-10-3-5-16-7-11(10)15(18)20;1-3-16-13-12-11(8-17(13)5-1)19-14-10-6-15-4-2-9(10)7-18(12)14;1-2-10-6-12-13(18(10)16-4-1)17-8-9-3-5-15-7-11(9)14(17)19-12/h2-13H,1H3;2*2-7,9H,8H2,1H3;1-6,8H,7H2;1-7H,8H2/q;4*+1/i;1D3;;;. The number of aryl methyl sites for hydroxylation is 3. The first kappa shape index (κ1) is 55.1. The highest BCUT2D eigenvalue weighted by Crippen LogP contribution is 2.39. The van der Waals surface area contributed by atoms with Crippen LogP contribution in [0.2, 0.25) is 0 Å². The van der Waals surface area contributed by atoms with Gasteiger partial charge in [-0.2, -0.15) is 0 Å². The van der Waals surface area contributed by atoms with E-state index >= 15 is 0 Å². The van der Waals surface area contributed by atoms with Crippen LogP contribution in [0, 0.1) is 6.92 Å². The van der Waals surface area contributed by atoms with Crippen molar-refractivity contribution in [2.45, 2.75) is 33.1 Å². The van der Waals surface area contributed by atoms with Gasteiger partial charge in [0.2, 0.25) is 22.3 Å². The number of oxazole rings is 1. The van der Waals surface area contributed by atoms with Crippen molar-refractivity contribution < 1.29 is 26.8 Å². The van der Waals surface area contributed by atoms with Gasteiger partial charge in [-0.05, 0) is 91.3 Å². The normalized spacial score (nSPS) is 13.2. The number of nitrogens with zero attached hydrogens (tertiary/aromatic N) is 23. The Kier molecular flexibility index (Phi) is 12.1. The summed E-state index contributed by atoms with van der Waals surface area (Å²) in [7, 11) is 2.11. The van der Waals surface area contributed by atoms with Gasteiger partial charge in [-0.1, -0.05) is 39.1 Å². The van der Waals surface area contributed by atoms with Crippen LogP contribution in [0.25, 0.3) is 145 Å². The number of pyridine rings is 5. The van der Waals surface area contributed by atoms with Crippen LogP contribution < -0.4 is 18.3 Å². The van der Waals surface area contributed by atoms with E-state index in [1.165, 1.54) is 64.6 Å². The van der Waals surface area contributed by atoms with Gasteiger partial charge in [-0.25, -0.2) is 47.8 Å². The molecule has 0 fully saturated rings. The highest BCUT2D eigenvalue weighted by Gasteiger charge is 2.39. The van der Waals surface area contributed by atoms with Crippen LogP contribution in [-0.2, 0) is 40.2 Å². The molecule has 0 bridgehead atoms. The highest BCUT2D eigenvalue weighted by molar-refractivity contribution is 7.21. The molecule has 0 radical (unpaired) electrons. The number of aromatic nitrogens is 23. The van der Waals surface area contributed by atoms with E-state index in [2.05, 4.69) is 140 Å². The Morgan fingerprint density at radius 1 is 0.476 bits per heavy atom. The third kappa shape index (κ3) is 8.84. The number of para-hydroxylation sites is 1. The van der Waals surface area contributed by atoms with E-state index in [4.69, 9.17) is 13.5 Å². The number of rotatable bonds is 2. The minimum atomic E-state index is -2.28. The smallest absolute Gasteiger partial charge is 0.384 e. The Hall–Kier alpha value is -13.8. The Labute approximate surface area is 591 Å². The van der Waals surface area contributed by atoms with Crippen molar-refractivity contribution >= 4 is 94.0 Å². The summed E-state index contributed by atoms with van der Waals surface area (Å²) < 4.78 is 55.9. The average Bonchev–Trinajstić information content (AvgIpc) is 1.55. The molecule has 0 saturated carbocycles. The van der Waals surface area contributed by atoms with Crippen molar-refractivity contribution in [2.75, 3.05) is 0 Å². The molecule has 0 spiro atoms. The van der Waals surface area contributed by atoms with Gasteiger partial charge in [0.25, 0.3) is 17.2 Å². The molecule has 0 amide bonds. The van der Waals surface area contributed by atoms with Crippen molar-refractivity contribution in [1.29, 1.82) is 0 Å². The summed E-state index contributed by atoms with van der Waals surface area (Å²) in [5.41, 5.74) is 26.2. The molecule has 24 heterocycles. The molecular weight excluding hydrogens is 1310 g/mol. The van der Waals surface area contributed by atoms with Gasteiger partial charge in [-0.15, -0.1) is 4.57 Å². The van der Waals surface area contributed by atoms with Gasteiger partial charge in [0.05, 0.1) is 65.1 Å². The second-order valence-electron chi connectivity index (χ2n) is 25.7. The summed E-state index contributed by atoms with van der Waals surface area (Å²) >= 11 is 1.82. The highest BCUT2D eigenvalue weighted by atomic mass is 32.1. The molecule has 0 unspecified atom stereocenters. The van der Waals surface area contributed by atoms with E-state index in [1.807, 2.05) is 193 Å². The van der Waals surface area contributed by atoms with Gasteiger partial charge >= 0.3 is 11.5 Å². The zero-order valence-electron chi connectivity index (χ0n) is 58.0. The van der Waals surface area contributed by atoms with E-state index in [9.17, 15) is 0 Å². The lowest BCUT2D eigenvalue weighted by molar-refractivity contribution is -0.648. The number of fused-ring (bicyclic) bond motifs is 31. The molecule has 4 aliphatic heterocycles. The molecule has 0 saturated heterocycles. The van der Waals surface area contributed by atoms with Gasteiger partial charge in [0.15, 0.2) is 45.0 Å². The van der Waals surface area contributed by atoms with Gasteiger partial charge < -0.3 is 17.6 Å². The lowest BCUT2D eigenvalue weighted by atomic mass is 10.1. The molecule has 492 valence electrons. The topological polar surface area (TPSA) is 207 Å². The Morgan fingerprint density at radius 3 is 1.65 bits per heavy atom. The molecule has 20 aromatic heterocycles. The van der Waals surface area contributed by atoms with E-state index in [1.54, 1.807) is 37.2 Å². The largest absolute Gasteiger partial charge is 0.396 e. The minimum Gasteiger partial charge on any atom is -0.396 e. The maximum absolute atomic E-state index is 7.99. The molecule has 24 nitrogen and oxygen atoms in total. The summed E-state index contributed by atoms with van der Waals surface area (Å²) in [5, 5.41) is 5.75. The number of hydrogen-bond acceptors (Lipinski definition) is 13. The Bertz CT molecular complexity index is 7010. The molecule has 4 aliphatic rings. The van der Waals surface area contributed by atoms with Gasteiger partial charge in [0.1, 0.15) is 41.2 Å². The van der Waals surface area contributed by atoms with Crippen molar-refractivity contribution in [3.63, 3.8) is 0 Å². The maximum atomic E-state index is 7.99. The fourth-order valence-corrected chi connectivity index (χ4v) is 16.5. The first-order chi connectivity index (χ1) is 52.1. The van der Waals surface area contributed by atoms with Crippen LogP contribution in [0.4, 0.5) is 0 Å². The predicted octanol–water partition coefficient (Wildman–Crippen LogP) is 11.2. The second kappa shape index (κ2) is 22.6. The van der Waals surface area contributed by atoms with Crippen molar-refractivity contribution in [3.05, 3.63) is 273 Å². The van der Waals surface area contributed by atoms with Gasteiger partial charge in [-0.3, -0.25) is 33.9 Å². The fraction of sp³-hybridized carbons (Fsp3) is 0.0897. The average molecular weight is 1370 g/mol. The zero-order chi connectivity index (χ0) is 70.6. The quantitative estimate of drug-likeness (QED) is 0.148. The number of thiazole rings is 1. The zero-order valence-corrected chi connectivity index (χ0v) is 55.8. The summed E-state index contributed by atoms with van der Waals surface area (Å²) in [5.74, 6) is 3.65. The second-order valence-corrected chi connectivity index (χ2v) is 26.7. The summed E-state index contributed by atoms with van der Waals surface area (Å²) in [6, 6.07) is 34.3. The van der Waals surface area contributed by atoms with Crippen molar-refractivity contribution in [2.24, 2.45) is 14.0 Å². The van der Waals surface area contributed by atoms with Crippen LogP contribution in [0.15, 0.2) is 250 Å². The first-order valence-corrected chi connectivity index (χ1v) is 34.2. The molecule has 0 atom stereocenters. The number of imidazole rings is 3. The third-order valence-corrected chi connectivity index (χ3v) is 21.1. The summed E-state index contributed by atoms with van der Waals surface area (Å²) in [6.45, 7) is 3.05. The van der Waals surface area contributed by atoms with E-state index in [0.29, 0.717) is 17.9 Å². The first-order valence-electron chi connectivity index (χ1n) is 34.9. The van der Waals surface area contributed by atoms with Gasteiger partial charge in [0, 0.05) is 157 Å². The fourth-order valence-electron chi connectivity index (χ4n) is 15.3. The Morgan fingerprint density at radius 2 is 1.00 bits per heavy atom. The molecule has 0 N–H and O–H groups in total. The van der Waals surface area contributed by atoms with E-state index in [0.717, 1.165) is 121 Å². The molecule has 0 aliphatic carbocycles. The number of benzene rings is 1. The predicted molar refractivity (Wildman–Crippen MR) is 387 cm³/mol. The van der Waals surface area contributed by atoms with Crippen LogP contribution in [0.1, 0.15) is 31.9 Å². The monoisotopic (exact) mass is 1370 g/mol. The molecule has 21 aromatic rings. The molecule has 25 heteroatoms. The van der Waals surface area contributed by atoms with E-state index in [-0.39, 0.29) is 0 Å². The maximum Gasteiger partial charge on any atom is 0.384 e. The molecule has 1 aromatic carbocycles. The van der Waals surface area contributed by atoms with Crippen LogP contribution in [-0.4, -0.2) is 90.8 Å². The molecule has 25 rings (SSSR count).